The molecule has 4 heteroatoms. The van der Waals surface area contributed by atoms with Crippen LogP contribution in [0.4, 0.5) is 0 Å². The number of carboxylic acid groups (broad SMARTS) is 2. The fourth-order valence-corrected chi connectivity index (χ4v) is 5.77. The third-order valence-corrected chi connectivity index (χ3v) is 8.14. The van der Waals surface area contributed by atoms with Crippen molar-refractivity contribution in [1.29, 1.82) is 0 Å². The van der Waals surface area contributed by atoms with E-state index < -0.39 is 22.8 Å². The van der Waals surface area contributed by atoms with Crippen molar-refractivity contribution in [3.05, 3.63) is 24.3 Å². The molecule has 0 bridgehead atoms. The first-order valence-electron chi connectivity index (χ1n) is 15.0. The summed E-state index contributed by atoms with van der Waals surface area (Å²) in [6.07, 6.45) is 26.7. The molecule has 0 aromatic heterocycles. The van der Waals surface area contributed by atoms with E-state index in [2.05, 4.69) is 27.7 Å². The van der Waals surface area contributed by atoms with E-state index in [1.54, 1.807) is 24.3 Å². The van der Waals surface area contributed by atoms with Gasteiger partial charge in [-0.3, -0.25) is 9.59 Å². The maximum Gasteiger partial charge on any atom is 0.315 e. The zero-order valence-corrected chi connectivity index (χ0v) is 23.9. The van der Waals surface area contributed by atoms with Crippen LogP contribution in [0.2, 0.25) is 0 Å². The van der Waals surface area contributed by atoms with Crippen LogP contribution in [0.5, 0.6) is 0 Å². The summed E-state index contributed by atoms with van der Waals surface area (Å²) in [5.41, 5.74) is -2.72. The van der Waals surface area contributed by atoms with Gasteiger partial charge in [-0.25, -0.2) is 0 Å². The molecule has 208 valence electrons. The summed E-state index contributed by atoms with van der Waals surface area (Å²) < 4.78 is 0. The standard InChI is InChI=1S/C26H44O4.C6H12/c1-21(2)15-9-5-7-11-17-25(23(27)28)19-13-14-20-26(25,24(29)30)18-12-8-6-10-16-22(3)4;1-2-4-6-5-3-1/h13-14,19-22H,5-12,15-18H2,1-4H3,(H,27,28)(H,29,30);1-6H2. The van der Waals surface area contributed by atoms with Crippen molar-refractivity contribution in [2.24, 2.45) is 22.7 Å². The van der Waals surface area contributed by atoms with Gasteiger partial charge < -0.3 is 10.2 Å². The number of allylic oxidation sites excluding steroid dienone is 2. The van der Waals surface area contributed by atoms with Gasteiger partial charge in [-0.2, -0.15) is 0 Å². The third-order valence-electron chi connectivity index (χ3n) is 8.14. The van der Waals surface area contributed by atoms with Gasteiger partial charge in [0, 0.05) is 0 Å². The molecule has 0 aromatic rings. The number of unbranched alkanes of at least 4 members (excludes halogenated alkanes) is 6. The normalized spacial score (nSPS) is 23.5. The molecule has 2 aliphatic rings. The average Bonchev–Trinajstić information content (AvgIpc) is 2.85. The SMILES string of the molecule is C1CCCCC1.CC(C)CCCCCCC1(C(=O)O)C=CC=CC1(CCCCCCC(C)C)C(=O)O. The lowest BCUT2D eigenvalue weighted by molar-refractivity contribution is -0.167. The summed E-state index contributed by atoms with van der Waals surface area (Å²) in [4.78, 5) is 24.9. The molecule has 0 spiro atoms. The van der Waals surface area contributed by atoms with Gasteiger partial charge >= 0.3 is 11.9 Å². The molecule has 1 fully saturated rings. The van der Waals surface area contributed by atoms with Crippen molar-refractivity contribution in [2.45, 2.75) is 143 Å². The monoisotopic (exact) mass is 504 g/mol. The molecule has 0 radical (unpaired) electrons. The lowest BCUT2D eigenvalue weighted by Gasteiger charge is -2.43. The maximum absolute atomic E-state index is 12.5. The Morgan fingerprint density at radius 1 is 0.583 bits per heavy atom. The number of hydrogen-bond donors (Lipinski definition) is 2. The molecule has 4 nitrogen and oxygen atoms in total. The summed E-state index contributed by atoms with van der Waals surface area (Å²) in [6.45, 7) is 8.84. The third kappa shape index (κ3) is 10.8. The van der Waals surface area contributed by atoms with E-state index in [1.165, 1.54) is 51.4 Å². The van der Waals surface area contributed by atoms with Gasteiger partial charge in [0.15, 0.2) is 0 Å². The van der Waals surface area contributed by atoms with Crippen LogP contribution in [0.1, 0.15) is 143 Å². The highest BCUT2D eigenvalue weighted by atomic mass is 16.4. The second kappa shape index (κ2) is 17.8. The van der Waals surface area contributed by atoms with Gasteiger partial charge in [0.2, 0.25) is 0 Å². The zero-order valence-electron chi connectivity index (χ0n) is 23.9. The Balaban J connectivity index is 0.000000936. The molecule has 2 aliphatic carbocycles. The van der Waals surface area contributed by atoms with Crippen molar-refractivity contribution in [3.8, 4) is 0 Å². The Morgan fingerprint density at radius 3 is 1.17 bits per heavy atom. The number of carboxylic acids is 2. The van der Waals surface area contributed by atoms with E-state index in [4.69, 9.17) is 0 Å². The Hall–Kier alpha value is -1.58. The minimum Gasteiger partial charge on any atom is -0.481 e. The lowest BCUT2D eigenvalue weighted by atomic mass is 9.57. The van der Waals surface area contributed by atoms with Gasteiger partial charge in [-0.15, -0.1) is 0 Å². The topological polar surface area (TPSA) is 74.6 Å². The molecule has 2 unspecified atom stereocenters. The summed E-state index contributed by atoms with van der Waals surface area (Å²) in [5.74, 6) is -0.649. The summed E-state index contributed by atoms with van der Waals surface area (Å²) >= 11 is 0. The Bertz CT molecular complexity index is 610. The smallest absolute Gasteiger partial charge is 0.315 e. The number of aliphatic carboxylic acids is 2. The molecule has 0 saturated heterocycles. The van der Waals surface area contributed by atoms with Gasteiger partial charge in [-0.05, 0) is 24.7 Å². The van der Waals surface area contributed by atoms with E-state index in [0.29, 0.717) is 24.7 Å². The van der Waals surface area contributed by atoms with Crippen LogP contribution < -0.4 is 0 Å². The van der Waals surface area contributed by atoms with Gasteiger partial charge in [0.1, 0.15) is 10.8 Å². The minimum absolute atomic E-state index is 0.379. The van der Waals surface area contributed by atoms with Crippen LogP contribution in [0.25, 0.3) is 0 Å². The first kappa shape index (κ1) is 32.4. The quantitative estimate of drug-likeness (QED) is 0.205. The number of rotatable bonds is 16. The fourth-order valence-electron chi connectivity index (χ4n) is 5.77. The van der Waals surface area contributed by atoms with E-state index in [1.807, 2.05) is 0 Å². The lowest BCUT2D eigenvalue weighted by Crippen LogP contribution is -2.51. The number of hydrogen-bond acceptors (Lipinski definition) is 2. The van der Waals surface area contributed by atoms with Crippen LogP contribution in [0, 0.1) is 22.7 Å². The molecular formula is C32H56O4. The highest BCUT2D eigenvalue weighted by Gasteiger charge is 2.58. The van der Waals surface area contributed by atoms with Crippen LogP contribution in [0.15, 0.2) is 24.3 Å². The predicted molar refractivity (Wildman–Crippen MR) is 151 cm³/mol. The summed E-state index contributed by atoms with van der Waals surface area (Å²) in [7, 11) is 0. The largest absolute Gasteiger partial charge is 0.481 e. The molecular weight excluding hydrogens is 448 g/mol. The van der Waals surface area contributed by atoms with Crippen molar-refractivity contribution >= 4 is 11.9 Å². The summed E-state index contributed by atoms with van der Waals surface area (Å²) in [5, 5.41) is 20.4. The van der Waals surface area contributed by atoms with Crippen LogP contribution in [-0.2, 0) is 9.59 Å². The van der Waals surface area contributed by atoms with Crippen molar-refractivity contribution in [2.75, 3.05) is 0 Å². The van der Waals surface area contributed by atoms with Crippen molar-refractivity contribution < 1.29 is 19.8 Å². The van der Waals surface area contributed by atoms with E-state index in [0.717, 1.165) is 51.4 Å². The minimum atomic E-state index is -1.36. The van der Waals surface area contributed by atoms with Gasteiger partial charge in [0.05, 0.1) is 0 Å². The molecule has 2 N–H and O–H groups in total. The predicted octanol–water partition coefficient (Wildman–Crippen LogP) is 9.59. The van der Waals surface area contributed by atoms with Gasteiger partial charge in [-0.1, -0.05) is 155 Å². The molecule has 1 saturated carbocycles. The molecule has 2 rings (SSSR count). The first-order valence-corrected chi connectivity index (χ1v) is 15.0. The second-order valence-electron chi connectivity index (χ2n) is 12.1. The highest BCUT2D eigenvalue weighted by molar-refractivity contribution is 5.90. The van der Waals surface area contributed by atoms with Crippen LogP contribution in [-0.4, -0.2) is 22.2 Å². The first-order chi connectivity index (χ1) is 17.2. The van der Waals surface area contributed by atoms with Crippen molar-refractivity contribution in [3.63, 3.8) is 0 Å². The molecule has 2 atom stereocenters. The highest BCUT2D eigenvalue weighted by Crippen LogP contribution is 2.52. The molecule has 36 heavy (non-hydrogen) atoms. The average molecular weight is 505 g/mol. The van der Waals surface area contributed by atoms with E-state index in [9.17, 15) is 19.8 Å². The number of carbonyl (C=O) groups is 2. The van der Waals surface area contributed by atoms with Gasteiger partial charge in [0.25, 0.3) is 0 Å². The molecule has 0 aliphatic heterocycles. The zero-order chi connectivity index (χ0) is 26.9. The van der Waals surface area contributed by atoms with E-state index >= 15 is 0 Å². The van der Waals surface area contributed by atoms with Crippen LogP contribution >= 0.6 is 0 Å². The maximum atomic E-state index is 12.5. The van der Waals surface area contributed by atoms with Crippen molar-refractivity contribution in [1.82, 2.24) is 0 Å². The molecule has 0 aromatic carbocycles. The van der Waals surface area contributed by atoms with Crippen LogP contribution in [0.3, 0.4) is 0 Å². The second-order valence-corrected chi connectivity index (χ2v) is 12.1. The molecule has 0 heterocycles. The van der Waals surface area contributed by atoms with E-state index in [-0.39, 0.29) is 0 Å². The summed E-state index contributed by atoms with van der Waals surface area (Å²) in [6, 6.07) is 0. The molecule has 0 amide bonds. The Kier molecular flexibility index (Phi) is 16.0. The Morgan fingerprint density at radius 2 is 0.889 bits per heavy atom. The fraction of sp³-hybridized carbons (Fsp3) is 0.812. The Labute approximate surface area is 222 Å².